The molecular weight excluding hydrogens is 390 g/mol. The summed E-state index contributed by atoms with van der Waals surface area (Å²) in [5.74, 6) is 3.24. The Bertz CT molecular complexity index is 977. The van der Waals surface area contributed by atoms with E-state index >= 15 is 0 Å². The SMILES string of the molecule is CC(NC(=O)CSCc1nc(-c2ccccc2)no1)c1ccc2c(c1)OCCO2. The van der Waals surface area contributed by atoms with Gasteiger partial charge in [0.1, 0.15) is 13.2 Å². The Kier molecular flexibility index (Phi) is 6.00. The zero-order valence-electron chi connectivity index (χ0n) is 16.0. The molecular formula is C21H21N3O4S. The molecule has 1 aromatic heterocycles. The van der Waals surface area contributed by atoms with Crippen molar-refractivity contribution in [1.82, 2.24) is 15.5 Å². The normalized spacial score (nSPS) is 13.7. The second-order valence-electron chi connectivity index (χ2n) is 6.56. The minimum atomic E-state index is -0.132. The highest BCUT2D eigenvalue weighted by Gasteiger charge is 2.16. The van der Waals surface area contributed by atoms with E-state index in [-0.39, 0.29) is 11.9 Å². The number of aromatic nitrogens is 2. The Morgan fingerprint density at radius 1 is 1.14 bits per heavy atom. The highest BCUT2D eigenvalue weighted by Crippen LogP contribution is 2.32. The van der Waals surface area contributed by atoms with Crippen molar-refractivity contribution in [3.05, 3.63) is 60.0 Å². The molecule has 1 unspecified atom stereocenters. The molecule has 0 saturated heterocycles. The average Bonchev–Trinajstić information content (AvgIpc) is 3.23. The number of nitrogens with one attached hydrogen (secondary N) is 1. The highest BCUT2D eigenvalue weighted by molar-refractivity contribution is 7.99. The topological polar surface area (TPSA) is 86.5 Å². The Hall–Kier alpha value is -3.00. The summed E-state index contributed by atoms with van der Waals surface area (Å²) in [7, 11) is 0. The van der Waals surface area contributed by atoms with Crippen LogP contribution in [0.1, 0.15) is 24.4 Å². The summed E-state index contributed by atoms with van der Waals surface area (Å²) in [6.07, 6.45) is 0. The van der Waals surface area contributed by atoms with Crippen LogP contribution in [0.25, 0.3) is 11.4 Å². The van der Waals surface area contributed by atoms with Crippen LogP contribution in [0.3, 0.4) is 0 Å². The van der Waals surface area contributed by atoms with Crippen molar-refractivity contribution in [3.8, 4) is 22.9 Å². The molecule has 0 spiro atoms. The first-order chi connectivity index (χ1) is 14.2. The molecule has 4 rings (SSSR count). The van der Waals surface area contributed by atoms with Crippen LogP contribution < -0.4 is 14.8 Å². The molecule has 0 bridgehead atoms. The van der Waals surface area contributed by atoms with E-state index in [0.717, 1.165) is 22.6 Å². The van der Waals surface area contributed by atoms with Gasteiger partial charge in [-0.15, -0.1) is 11.8 Å². The molecule has 0 aliphatic carbocycles. The summed E-state index contributed by atoms with van der Waals surface area (Å²) in [6, 6.07) is 15.2. The van der Waals surface area contributed by atoms with E-state index in [2.05, 4.69) is 15.5 Å². The van der Waals surface area contributed by atoms with Crippen molar-refractivity contribution in [1.29, 1.82) is 0 Å². The number of amides is 1. The Labute approximate surface area is 172 Å². The molecule has 1 N–H and O–H groups in total. The molecule has 8 heteroatoms. The van der Waals surface area contributed by atoms with Gasteiger partial charge in [-0.2, -0.15) is 4.98 Å². The van der Waals surface area contributed by atoms with Crippen LogP contribution in [0.4, 0.5) is 0 Å². The Morgan fingerprint density at radius 2 is 1.93 bits per heavy atom. The third kappa shape index (κ3) is 4.89. The predicted molar refractivity (Wildman–Crippen MR) is 110 cm³/mol. The number of fused-ring (bicyclic) bond motifs is 1. The van der Waals surface area contributed by atoms with Gasteiger partial charge in [0.15, 0.2) is 11.5 Å². The number of hydrogen-bond donors (Lipinski definition) is 1. The van der Waals surface area contributed by atoms with Crippen molar-refractivity contribution in [2.75, 3.05) is 19.0 Å². The van der Waals surface area contributed by atoms with Gasteiger partial charge >= 0.3 is 0 Å². The summed E-state index contributed by atoms with van der Waals surface area (Å²) in [5, 5.41) is 6.98. The van der Waals surface area contributed by atoms with Gasteiger partial charge in [-0.3, -0.25) is 4.79 Å². The van der Waals surface area contributed by atoms with Crippen molar-refractivity contribution < 1.29 is 18.8 Å². The minimum absolute atomic E-state index is 0.0554. The third-order valence-electron chi connectivity index (χ3n) is 4.40. The first kappa shape index (κ1) is 19.3. The van der Waals surface area contributed by atoms with E-state index in [1.54, 1.807) is 0 Å². The molecule has 0 saturated carbocycles. The fraction of sp³-hybridized carbons (Fsp3) is 0.286. The lowest BCUT2D eigenvalue weighted by atomic mass is 10.1. The van der Waals surface area contributed by atoms with E-state index in [9.17, 15) is 4.79 Å². The van der Waals surface area contributed by atoms with Gasteiger partial charge < -0.3 is 19.3 Å². The van der Waals surface area contributed by atoms with Crippen LogP contribution in [0.2, 0.25) is 0 Å². The molecule has 1 atom stereocenters. The third-order valence-corrected chi connectivity index (χ3v) is 5.32. The van der Waals surface area contributed by atoms with Gasteiger partial charge in [-0.05, 0) is 24.6 Å². The number of ether oxygens (including phenoxy) is 2. The van der Waals surface area contributed by atoms with Gasteiger partial charge in [0.05, 0.1) is 17.5 Å². The Balaban J connectivity index is 1.25. The van der Waals surface area contributed by atoms with Crippen molar-refractivity contribution in [3.63, 3.8) is 0 Å². The van der Waals surface area contributed by atoms with E-state index in [0.29, 0.717) is 36.4 Å². The Morgan fingerprint density at radius 3 is 2.76 bits per heavy atom. The quantitative estimate of drug-likeness (QED) is 0.635. The van der Waals surface area contributed by atoms with Crippen molar-refractivity contribution in [2.24, 2.45) is 0 Å². The van der Waals surface area contributed by atoms with Crippen LogP contribution in [-0.2, 0) is 10.5 Å². The molecule has 7 nitrogen and oxygen atoms in total. The fourth-order valence-corrected chi connectivity index (χ4v) is 3.61. The molecule has 0 radical (unpaired) electrons. The second kappa shape index (κ2) is 9.00. The predicted octanol–water partition coefficient (Wildman–Crippen LogP) is 3.62. The lowest BCUT2D eigenvalue weighted by Crippen LogP contribution is -2.28. The summed E-state index contributed by atoms with van der Waals surface area (Å²) in [5.41, 5.74) is 1.87. The number of benzene rings is 2. The van der Waals surface area contributed by atoms with Crippen LogP contribution in [0.15, 0.2) is 53.1 Å². The molecule has 2 aromatic carbocycles. The van der Waals surface area contributed by atoms with Crippen LogP contribution in [0.5, 0.6) is 11.5 Å². The maximum Gasteiger partial charge on any atom is 0.236 e. The van der Waals surface area contributed by atoms with E-state index in [4.69, 9.17) is 14.0 Å². The van der Waals surface area contributed by atoms with Gasteiger partial charge in [0.2, 0.25) is 17.6 Å². The molecule has 29 heavy (non-hydrogen) atoms. The zero-order chi connectivity index (χ0) is 20.1. The van der Waals surface area contributed by atoms with Crippen LogP contribution >= 0.6 is 11.8 Å². The summed E-state index contributed by atoms with van der Waals surface area (Å²) in [4.78, 5) is 16.6. The number of rotatable bonds is 7. The number of thioether (sulfide) groups is 1. The van der Waals surface area contributed by atoms with Gasteiger partial charge in [0, 0.05) is 5.56 Å². The number of carbonyl (C=O) groups excluding carboxylic acids is 1. The monoisotopic (exact) mass is 411 g/mol. The molecule has 1 aliphatic heterocycles. The first-order valence-electron chi connectivity index (χ1n) is 9.34. The molecule has 2 heterocycles. The van der Waals surface area contributed by atoms with Crippen LogP contribution in [-0.4, -0.2) is 35.0 Å². The van der Waals surface area contributed by atoms with E-state index in [1.807, 2.05) is 55.5 Å². The standard InChI is InChI=1S/C21H21N3O4S/c1-14(16-7-8-17-18(11-16)27-10-9-26-17)22-19(25)12-29-13-20-23-21(24-28-20)15-5-3-2-4-6-15/h2-8,11,14H,9-10,12-13H2,1H3,(H,22,25). The maximum absolute atomic E-state index is 12.3. The van der Waals surface area contributed by atoms with Crippen LogP contribution in [0, 0.1) is 0 Å². The highest BCUT2D eigenvalue weighted by atomic mass is 32.2. The summed E-state index contributed by atoms with van der Waals surface area (Å²) >= 11 is 1.43. The minimum Gasteiger partial charge on any atom is -0.486 e. The molecule has 1 amide bonds. The van der Waals surface area contributed by atoms with Gasteiger partial charge in [-0.25, -0.2) is 0 Å². The summed E-state index contributed by atoms with van der Waals surface area (Å²) in [6.45, 7) is 3.04. The maximum atomic E-state index is 12.3. The number of nitrogens with zero attached hydrogens (tertiary/aromatic N) is 2. The lowest BCUT2D eigenvalue weighted by molar-refractivity contribution is -0.119. The molecule has 3 aromatic rings. The van der Waals surface area contributed by atoms with Gasteiger partial charge in [0.25, 0.3) is 0 Å². The fourth-order valence-electron chi connectivity index (χ4n) is 2.94. The summed E-state index contributed by atoms with van der Waals surface area (Å²) < 4.78 is 16.4. The first-order valence-corrected chi connectivity index (χ1v) is 10.5. The second-order valence-corrected chi connectivity index (χ2v) is 7.55. The lowest BCUT2D eigenvalue weighted by Gasteiger charge is -2.21. The molecule has 1 aliphatic rings. The van der Waals surface area contributed by atoms with E-state index in [1.165, 1.54) is 11.8 Å². The molecule has 0 fully saturated rings. The molecule has 150 valence electrons. The van der Waals surface area contributed by atoms with Gasteiger partial charge in [-0.1, -0.05) is 41.6 Å². The average molecular weight is 411 g/mol. The van der Waals surface area contributed by atoms with E-state index < -0.39 is 0 Å². The largest absolute Gasteiger partial charge is 0.486 e. The van der Waals surface area contributed by atoms with Crippen molar-refractivity contribution >= 4 is 17.7 Å². The number of hydrogen-bond acceptors (Lipinski definition) is 7. The number of carbonyl (C=O) groups is 1. The smallest absolute Gasteiger partial charge is 0.236 e. The zero-order valence-corrected chi connectivity index (χ0v) is 16.8. The van der Waals surface area contributed by atoms with Crippen molar-refractivity contribution in [2.45, 2.75) is 18.7 Å².